The molecule has 6 heteroatoms. The molecule has 1 rings (SSSR count). The molecule has 6 nitrogen and oxygen atoms in total. The maximum Gasteiger partial charge on any atom is 0.337 e. The number of hydrogen-bond acceptors (Lipinski definition) is 6. The second-order valence-electron chi connectivity index (χ2n) is 4.76. The Kier molecular flexibility index (Phi) is 6.98. The van der Waals surface area contributed by atoms with Crippen molar-refractivity contribution in [1.29, 1.82) is 0 Å². The summed E-state index contributed by atoms with van der Waals surface area (Å²) in [6, 6.07) is 5.29. The lowest BCUT2D eigenvalue weighted by atomic mass is 10.1. The van der Waals surface area contributed by atoms with Crippen molar-refractivity contribution < 1.29 is 19.0 Å². The van der Waals surface area contributed by atoms with E-state index in [-0.39, 0.29) is 6.04 Å². The number of benzene rings is 1. The molecule has 1 aromatic carbocycles. The molecule has 1 unspecified atom stereocenters. The molecule has 0 aromatic heterocycles. The maximum atomic E-state index is 11.5. The highest BCUT2D eigenvalue weighted by atomic mass is 16.5. The van der Waals surface area contributed by atoms with E-state index in [0.29, 0.717) is 31.0 Å². The van der Waals surface area contributed by atoms with Crippen LogP contribution in [0.5, 0.6) is 0 Å². The van der Waals surface area contributed by atoms with Crippen molar-refractivity contribution in [3.05, 3.63) is 23.8 Å². The van der Waals surface area contributed by atoms with E-state index < -0.39 is 5.97 Å². The summed E-state index contributed by atoms with van der Waals surface area (Å²) >= 11 is 0. The van der Waals surface area contributed by atoms with E-state index in [2.05, 4.69) is 4.90 Å². The van der Waals surface area contributed by atoms with E-state index in [4.69, 9.17) is 19.9 Å². The molecule has 0 aliphatic heterocycles. The first-order chi connectivity index (χ1) is 10.0. The second kappa shape index (κ2) is 8.49. The molecule has 0 aliphatic carbocycles. The van der Waals surface area contributed by atoms with Gasteiger partial charge in [0.05, 0.1) is 37.3 Å². The number of carbonyl (C=O) groups is 1. The minimum atomic E-state index is -0.401. The Hall–Kier alpha value is -1.79. The van der Waals surface area contributed by atoms with Crippen LogP contribution in [0.4, 0.5) is 11.4 Å². The Bertz CT molecular complexity index is 465. The van der Waals surface area contributed by atoms with Crippen molar-refractivity contribution in [2.75, 3.05) is 51.7 Å². The highest BCUT2D eigenvalue weighted by Gasteiger charge is 2.18. The van der Waals surface area contributed by atoms with Gasteiger partial charge in [-0.2, -0.15) is 0 Å². The summed E-state index contributed by atoms with van der Waals surface area (Å²) in [5, 5.41) is 0. The Morgan fingerprint density at radius 1 is 1.29 bits per heavy atom. The van der Waals surface area contributed by atoms with Crippen molar-refractivity contribution in [1.82, 2.24) is 0 Å². The van der Waals surface area contributed by atoms with Gasteiger partial charge in [-0.3, -0.25) is 0 Å². The normalized spacial score (nSPS) is 12.0. The van der Waals surface area contributed by atoms with Crippen molar-refractivity contribution in [2.24, 2.45) is 0 Å². The predicted molar refractivity (Wildman–Crippen MR) is 82.8 cm³/mol. The van der Waals surface area contributed by atoms with Gasteiger partial charge in [-0.05, 0) is 25.1 Å². The fourth-order valence-electron chi connectivity index (χ4n) is 2.16. The average Bonchev–Trinajstić information content (AvgIpc) is 2.48. The van der Waals surface area contributed by atoms with E-state index in [1.807, 2.05) is 13.0 Å². The molecule has 0 fully saturated rings. The van der Waals surface area contributed by atoms with E-state index in [1.54, 1.807) is 26.4 Å². The second-order valence-corrected chi connectivity index (χ2v) is 4.76. The van der Waals surface area contributed by atoms with Crippen molar-refractivity contribution in [3.63, 3.8) is 0 Å². The van der Waals surface area contributed by atoms with Gasteiger partial charge in [0.2, 0.25) is 0 Å². The van der Waals surface area contributed by atoms with Gasteiger partial charge in [0, 0.05) is 26.8 Å². The van der Waals surface area contributed by atoms with Gasteiger partial charge in [0.1, 0.15) is 0 Å². The van der Waals surface area contributed by atoms with Crippen molar-refractivity contribution >= 4 is 17.3 Å². The SMILES string of the molecule is COCCN(c1ccc(C(=O)OC)cc1N)C(C)COC. The molecule has 1 atom stereocenters. The topological polar surface area (TPSA) is 74.0 Å². The van der Waals surface area contributed by atoms with Crippen LogP contribution in [0.25, 0.3) is 0 Å². The molecule has 0 spiro atoms. The molecule has 0 saturated carbocycles. The number of nitrogen functional groups attached to an aromatic ring is 1. The Balaban J connectivity index is 3.03. The van der Waals surface area contributed by atoms with Crippen LogP contribution in [0.3, 0.4) is 0 Å². The average molecular weight is 296 g/mol. The van der Waals surface area contributed by atoms with Crippen LogP contribution in [-0.4, -0.2) is 53.1 Å². The maximum absolute atomic E-state index is 11.5. The lowest BCUT2D eigenvalue weighted by Crippen LogP contribution is -2.39. The summed E-state index contributed by atoms with van der Waals surface area (Å²) in [6.07, 6.45) is 0. The predicted octanol–water partition coefficient (Wildman–Crippen LogP) is 1.54. The van der Waals surface area contributed by atoms with E-state index in [0.717, 1.165) is 5.69 Å². The van der Waals surface area contributed by atoms with Crippen LogP contribution in [-0.2, 0) is 14.2 Å². The number of hydrogen-bond donors (Lipinski definition) is 1. The van der Waals surface area contributed by atoms with E-state index in [9.17, 15) is 4.79 Å². The molecular formula is C15H24N2O4. The van der Waals surface area contributed by atoms with Gasteiger partial charge >= 0.3 is 5.97 Å². The number of nitrogens with two attached hydrogens (primary N) is 1. The quantitative estimate of drug-likeness (QED) is 0.579. The fraction of sp³-hybridized carbons (Fsp3) is 0.533. The molecule has 0 amide bonds. The van der Waals surface area contributed by atoms with Crippen LogP contribution >= 0.6 is 0 Å². The highest BCUT2D eigenvalue weighted by Crippen LogP contribution is 2.26. The first kappa shape index (κ1) is 17.3. The summed E-state index contributed by atoms with van der Waals surface area (Å²) in [5.74, 6) is -0.401. The van der Waals surface area contributed by atoms with Gasteiger partial charge in [-0.15, -0.1) is 0 Å². The lowest BCUT2D eigenvalue weighted by Gasteiger charge is -2.31. The molecule has 0 heterocycles. The zero-order chi connectivity index (χ0) is 15.8. The van der Waals surface area contributed by atoms with Crippen molar-refractivity contribution in [2.45, 2.75) is 13.0 Å². The first-order valence-electron chi connectivity index (χ1n) is 6.77. The smallest absolute Gasteiger partial charge is 0.337 e. The van der Waals surface area contributed by atoms with Crippen LogP contribution in [0.1, 0.15) is 17.3 Å². The van der Waals surface area contributed by atoms with Crippen LogP contribution < -0.4 is 10.6 Å². The van der Waals surface area contributed by atoms with E-state index >= 15 is 0 Å². The summed E-state index contributed by atoms with van der Waals surface area (Å²) in [4.78, 5) is 13.6. The molecule has 118 valence electrons. The molecule has 0 radical (unpaired) electrons. The monoisotopic (exact) mass is 296 g/mol. The summed E-state index contributed by atoms with van der Waals surface area (Å²) < 4.78 is 15.0. The van der Waals surface area contributed by atoms with Gasteiger partial charge in [0.25, 0.3) is 0 Å². The standard InChI is InChI=1S/C15H24N2O4/c1-11(10-20-3)17(7-8-19-2)14-6-5-12(9-13(14)16)15(18)21-4/h5-6,9,11H,7-8,10,16H2,1-4H3. The zero-order valence-electron chi connectivity index (χ0n) is 13.1. The number of carbonyl (C=O) groups excluding carboxylic acids is 1. The van der Waals surface area contributed by atoms with Crippen LogP contribution in [0.15, 0.2) is 18.2 Å². The summed E-state index contributed by atoms with van der Waals surface area (Å²) in [6.45, 7) is 3.88. The number of rotatable bonds is 8. The number of esters is 1. The largest absolute Gasteiger partial charge is 0.465 e. The van der Waals surface area contributed by atoms with Gasteiger partial charge in [-0.25, -0.2) is 4.79 Å². The molecule has 2 N–H and O–H groups in total. The molecule has 0 aliphatic rings. The Morgan fingerprint density at radius 2 is 2.00 bits per heavy atom. The van der Waals surface area contributed by atoms with Gasteiger partial charge in [-0.1, -0.05) is 0 Å². The molecule has 0 saturated heterocycles. The third-order valence-corrected chi connectivity index (χ3v) is 3.23. The minimum Gasteiger partial charge on any atom is -0.465 e. The number of methoxy groups -OCH3 is 3. The molecule has 0 bridgehead atoms. The summed E-state index contributed by atoms with van der Waals surface area (Å²) in [5.41, 5.74) is 7.90. The minimum absolute atomic E-state index is 0.136. The van der Waals surface area contributed by atoms with Crippen molar-refractivity contribution in [3.8, 4) is 0 Å². The number of anilines is 2. The third kappa shape index (κ3) is 4.61. The zero-order valence-corrected chi connectivity index (χ0v) is 13.1. The van der Waals surface area contributed by atoms with Crippen LogP contribution in [0, 0.1) is 0 Å². The summed E-state index contributed by atoms with van der Waals surface area (Å²) in [7, 11) is 4.66. The highest BCUT2D eigenvalue weighted by molar-refractivity contribution is 5.92. The lowest BCUT2D eigenvalue weighted by molar-refractivity contribution is 0.0601. The van der Waals surface area contributed by atoms with Crippen LogP contribution in [0.2, 0.25) is 0 Å². The first-order valence-corrected chi connectivity index (χ1v) is 6.77. The van der Waals surface area contributed by atoms with Gasteiger partial charge in [0.15, 0.2) is 0 Å². The Labute approximate surface area is 125 Å². The molecular weight excluding hydrogens is 272 g/mol. The molecule has 1 aromatic rings. The third-order valence-electron chi connectivity index (χ3n) is 3.23. The number of nitrogens with zero attached hydrogens (tertiary/aromatic N) is 1. The number of ether oxygens (including phenoxy) is 3. The van der Waals surface area contributed by atoms with E-state index in [1.165, 1.54) is 7.11 Å². The fourth-order valence-corrected chi connectivity index (χ4v) is 2.16. The Morgan fingerprint density at radius 3 is 2.52 bits per heavy atom. The van der Waals surface area contributed by atoms with Gasteiger partial charge < -0.3 is 24.8 Å². The molecule has 21 heavy (non-hydrogen) atoms.